The maximum absolute atomic E-state index is 13.8. The number of imide groups is 1. The number of hydrogen-bond donors (Lipinski definition) is 1. The first-order valence-corrected chi connectivity index (χ1v) is 19.9. The number of alkyl halides is 3. The molecule has 3 aliphatic heterocycles. The van der Waals surface area contributed by atoms with E-state index in [9.17, 15) is 37.6 Å². The lowest BCUT2D eigenvalue weighted by Crippen LogP contribution is -2.49. The van der Waals surface area contributed by atoms with Gasteiger partial charge < -0.3 is 9.64 Å². The van der Waals surface area contributed by atoms with Crippen LogP contribution in [-0.2, 0) is 44.6 Å². The van der Waals surface area contributed by atoms with Crippen molar-refractivity contribution in [2.75, 3.05) is 55.7 Å². The van der Waals surface area contributed by atoms with E-state index >= 15 is 0 Å². The molecule has 0 aliphatic carbocycles. The van der Waals surface area contributed by atoms with Crippen LogP contribution in [0.2, 0.25) is 5.02 Å². The number of ether oxygens (including phenoxy) is 1. The summed E-state index contributed by atoms with van der Waals surface area (Å²) in [5, 5.41) is 12.1. The van der Waals surface area contributed by atoms with Gasteiger partial charge in [0.2, 0.25) is 11.8 Å². The minimum atomic E-state index is -4.80. The second kappa shape index (κ2) is 17.5. The molecule has 0 aromatic heterocycles. The van der Waals surface area contributed by atoms with Gasteiger partial charge in [0.1, 0.15) is 17.9 Å². The molecule has 16 heteroatoms. The summed E-state index contributed by atoms with van der Waals surface area (Å²) in [7, 11) is 0. The number of thiocarbonyl (C=S) groups is 1. The van der Waals surface area contributed by atoms with Crippen LogP contribution in [-0.4, -0.2) is 89.8 Å². The molecular formula is C42H44ClF3N6O5S. The number of amides is 3. The van der Waals surface area contributed by atoms with E-state index in [1.165, 1.54) is 6.07 Å². The van der Waals surface area contributed by atoms with E-state index < -0.39 is 28.7 Å². The molecule has 1 atom stereocenters. The Morgan fingerprint density at radius 2 is 1.69 bits per heavy atom. The van der Waals surface area contributed by atoms with Crippen molar-refractivity contribution in [2.24, 2.45) is 5.92 Å². The molecule has 0 saturated carbocycles. The van der Waals surface area contributed by atoms with Crippen molar-refractivity contribution in [3.8, 4) is 11.8 Å². The molecule has 3 heterocycles. The van der Waals surface area contributed by atoms with E-state index in [1.54, 1.807) is 30.9 Å². The minimum absolute atomic E-state index is 0.0180. The van der Waals surface area contributed by atoms with Crippen LogP contribution in [0.5, 0.6) is 5.75 Å². The Labute approximate surface area is 345 Å². The first kappa shape index (κ1) is 42.7. The number of rotatable bonds is 13. The standard InChI is InChI=1S/C42H44ClF3N6O5S/c1-4-26-21-32(52-40(58)51(39(56)41(52,2)3)31-10-8-30(24-47)34(23-31)42(44,45)46)11-12-35(26)57-19-18-49-14-16-50(17-15-49)25-33(53)22-28-7-5-6-27(37(28)43)20-29-9-13-36(54)48-38(29)55/h5-8,10-12,21,23,29H,4,9,13-20,22,25H2,1-3H3,(H,48,54,55). The number of piperidine rings is 1. The van der Waals surface area contributed by atoms with E-state index in [4.69, 9.17) is 28.6 Å². The van der Waals surface area contributed by atoms with Crippen molar-refractivity contribution in [3.05, 3.63) is 87.4 Å². The smallest absolute Gasteiger partial charge is 0.417 e. The summed E-state index contributed by atoms with van der Waals surface area (Å²) in [5.74, 6) is -0.674. The van der Waals surface area contributed by atoms with Crippen molar-refractivity contribution < 1.29 is 37.1 Å². The molecule has 3 aromatic carbocycles. The third-order valence-electron chi connectivity index (χ3n) is 10.9. The zero-order valence-corrected chi connectivity index (χ0v) is 34.0. The number of anilines is 2. The second-order valence-electron chi connectivity index (χ2n) is 15.2. The van der Waals surface area contributed by atoms with E-state index in [2.05, 4.69) is 15.1 Å². The SMILES string of the molecule is CCc1cc(N2C(=S)N(c3ccc(C#N)c(C(F)(F)F)c3)C(=O)C2(C)C)ccc1OCCN1CCN(CC(=O)Cc2cccc(CC3CCC(=O)NC3=O)c2Cl)CC1. The van der Waals surface area contributed by atoms with Crippen molar-refractivity contribution in [1.29, 1.82) is 5.26 Å². The Bertz CT molecular complexity index is 2170. The topological polar surface area (TPSA) is 126 Å². The molecule has 3 aliphatic rings. The van der Waals surface area contributed by atoms with Gasteiger partial charge in [-0.05, 0) is 98.4 Å². The van der Waals surface area contributed by atoms with Crippen molar-refractivity contribution in [1.82, 2.24) is 15.1 Å². The van der Waals surface area contributed by atoms with Gasteiger partial charge in [-0.15, -0.1) is 0 Å². The van der Waals surface area contributed by atoms with Crippen LogP contribution >= 0.6 is 23.8 Å². The predicted molar refractivity (Wildman–Crippen MR) is 217 cm³/mol. The molecule has 3 amide bonds. The highest BCUT2D eigenvalue weighted by Gasteiger charge is 2.51. The van der Waals surface area contributed by atoms with Gasteiger partial charge >= 0.3 is 6.18 Å². The Hall–Kier alpha value is -4.88. The van der Waals surface area contributed by atoms with Crippen LogP contribution in [0.4, 0.5) is 24.5 Å². The Morgan fingerprint density at radius 3 is 2.36 bits per heavy atom. The van der Waals surface area contributed by atoms with E-state index in [1.807, 2.05) is 37.3 Å². The fourth-order valence-electron chi connectivity index (χ4n) is 7.68. The molecule has 1 N–H and O–H groups in total. The Balaban J connectivity index is 1.00. The zero-order valence-electron chi connectivity index (χ0n) is 32.5. The molecule has 0 bridgehead atoms. The highest BCUT2D eigenvalue weighted by atomic mass is 35.5. The molecule has 3 saturated heterocycles. The summed E-state index contributed by atoms with van der Waals surface area (Å²) in [5.41, 5.74) is -0.0164. The van der Waals surface area contributed by atoms with Crippen molar-refractivity contribution >= 4 is 63.8 Å². The lowest BCUT2D eigenvalue weighted by Gasteiger charge is -2.34. The van der Waals surface area contributed by atoms with Gasteiger partial charge in [-0.25, -0.2) is 0 Å². The summed E-state index contributed by atoms with van der Waals surface area (Å²) in [6.07, 6.45) is -2.83. The number of piperazine rings is 1. The average molecular weight is 837 g/mol. The Kier molecular flexibility index (Phi) is 12.9. The molecule has 11 nitrogen and oxygen atoms in total. The Morgan fingerprint density at radius 1 is 1.00 bits per heavy atom. The van der Waals surface area contributed by atoms with Crippen molar-refractivity contribution in [3.63, 3.8) is 0 Å². The number of hydrogen-bond acceptors (Lipinski definition) is 9. The van der Waals surface area contributed by atoms with Gasteiger partial charge in [0.25, 0.3) is 5.91 Å². The van der Waals surface area contributed by atoms with Crippen molar-refractivity contribution in [2.45, 2.75) is 64.6 Å². The first-order valence-electron chi connectivity index (χ1n) is 19.1. The van der Waals surface area contributed by atoms with Gasteiger partial charge in [-0.3, -0.25) is 39.2 Å². The van der Waals surface area contributed by atoms with E-state index in [0.29, 0.717) is 74.9 Å². The number of nitriles is 1. The molecule has 0 radical (unpaired) electrons. The number of nitrogens with zero attached hydrogens (tertiary/aromatic N) is 5. The largest absolute Gasteiger partial charge is 0.492 e. The zero-order chi connectivity index (χ0) is 41.9. The van der Waals surface area contributed by atoms with E-state index in [0.717, 1.165) is 46.8 Å². The fourth-order valence-corrected chi connectivity index (χ4v) is 8.47. The van der Waals surface area contributed by atoms with Crippen LogP contribution in [0.1, 0.15) is 61.4 Å². The summed E-state index contributed by atoms with van der Waals surface area (Å²) >= 11 is 12.4. The molecule has 306 valence electrons. The maximum atomic E-state index is 13.8. The van der Waals surface area contributed by atoms with Crippen LogP contribution in [0.3, 0.4) is 0 Å². The molecule has 3 fully saturated rings. The second-order valence-corrected chi connectivity index (χ2v) is 16.0. The predicted octanol–water partition coefficient (Wildman–Crippen LogP) is 6.11. The number of nitrogens with one attached hydrogen (secondary N) is 1. The van der Waals surface area contributed by atoms with Crippen LogP contribution in [0.25, 0.3) is 0 Å². The third-order valence-corrected chi connectivity index (χ3v) is 11.8. The molecule has 6 rings (SSSR count). The summed E-state index contributed by atoms with van der Waals surface area (Å²) in [6, 6.07) is 15.7. The summed E-state index contributed by atoms with van der Waals surface area (Å²) in [6.45, 7) is 9.61. The van der Waals surface area contributed by atoms with Gasteiger partial charge in [0.05, 0.1) is 29.4 Å². The number of ketones is 1. The van der Waals surface area contributed by atoms with Crippen LogP contribution in [0, 0.1) is 17.2 Å². The number of aryl methyl sites for hydroxylation is 1. The number of halogens is 4. The number of benzene rings is 3. The molecule has 0 spiro atoms. The number of Topliss-reactive ketones (excluding diaryl/α,β-unsaturated/α-hetero) is 1. The van der Waals surface area contributed by atoms with Gasteiger partial charge in [0, 0.05) is 62.2 Å². The molecular weight excluding hydrogens is 793 g/mol. The summed E-state index contributed by atoms with van der Waals surface area (Å²) < 4.78 is 47.5. The number of carbonyl (C=O) groups excluding carboxylic acids is 4. The van der Waals surface area contributed by atoms with Crippen LogP contribution < -0.4 is 19.9 Å². The first-order chi connectivity index (χ1) is 27.5. The lowest BCUT2D eigenvalue weighted by molar-refractivity contribution is -0.138. The van der Waals surface area contributed by atoms with Crippen LogP contribution in [0.15, 0.2) is 54.6 Å². The van der Waals surface area contributed by atoms with Gasteiger partial charge in [0.15, 0.2) is 10.9 Å². The third kappa shape index (κ3) is 9.20. The van der Waals surface area contributed by atoms with Gasteiger partial charge in [-0.1, -0.05) is 36.7 Å². The highest BCUT2D eigenvalue weighted by Crippen LogP contribution is 2.40. The maximum Gasteiger partial charge on any atom is 0.417 e. The molecule has 58 heavy (non-hydrogen) atoms. The minimum Gasteiger partial charge on any atom is -0.492 e. The van der Waals surface area contributed by atoms with E-state index in [-0.39, 0.29) is 40.7 Å². The molecule has 3 aromatic rings. The summed E-state index contributed by atoms with van der Waals surface area (Å²) in [4.78, 5) is 57.7. The number of carbonyl (C=O) groups is 4. The quantitative estimate of drug-likeness (QED) is 0.159. The monoisotopic (exact) mass is 836 g/mol. The fraction of sp³-hybridized carbons (Fsp3) is 0.429. The molecule has 1 unspecified atom stereocenters. The van der Waals surface area contributed by atoms with Gasteiger partial charge in [-0.2, -0.15) is 18.4 Å². The normalized spacial score (nSPS) is 19.0. The lowest BCUT2D eigenvalue weighted by atomic mass is 9.90. The highest BCUT2D eigenvalue weighted by molar-refractivity contribution is 7.81. The average Bonchev–Trinajstić information content (AvgIpc) is 3.36.